The van der Waals surface area contributed by atoms with E-state index in [9.17, 15) is 4.39 Å². The molecule has 0 bridgehead atoms. The molecule has 0 saturated heterocycles. The first-order chi connectivity index (χ1) is 8.54. The minimum Gasteiger partial charge on any atom is -0.314 e. The lowest BCUT2D eigenvalue weighted by atomic mass is 9.88. The van der Waals surface area contributed by atoms with Crippen LogP contribution in [0.2, 0.25) is 0 Å². The summed E-state index contributed by atoms with van der Waals surface area (Å²) in [5, 5.41) is 3.43. The van der Waals surface area contributed by atoms with Crippen LogP contribution in [0, 0.1) is 11.7 Å². The van der Waals surface area contributed by atoms with E-state index in [0.717, 1.165) is 24.9 Å². The molecule has 0 radical (unpaired) electrons. The van der Waals surface area contributed by atoms with E-state index in [2.05, 4.69) is 33.0 Å². The molecule has 0 spiro atoms. The smallest absolute Gasteiger partial charge is 0.126 e. The number of rotatable bonds is 7. The van der Waals surface area contributed by atoms with Gasteiger partial charge in [-0.2, -0.15) is 0 Å². The van der Waals surface area contributed by atoms with E-state index < -0.39 is 0 Å². The molecule has 0 fully saturated rings. The third-order valence-electron chi connectivity index (χ3n) is 3.50. The summed E-state index contributed by atoms with van der Waals surface area (Å²) < 4.78 is 13.9. The maximum absolute atomic E-state index is 13.9. The van der Waals surface area contributed by atoms with E-state index in [0.29, 0.717) is 12.0 Å². The maximum Gasteiger partial charge on any atom is 0.126 e. The Morgan fingerprint density at radius 2 is 1.83 bits per heavy atom. The second-order valence-corrected chi connectivity index (χ2v) is 5.53. The van der Waals surface area contributed by atoms with Gasteiger partial charge in [0.25, 0.3) is 0 Å². The van der Waals surface area contributed by atoms with Gasteiger partial charge in [-0.05, 0) is 29.9 Å². The summed E-state index contributed by atoms with van der Waals surface area (Å²) in [6.45, 7) is 9.54. The van der Waals surface area contributed by atoms with Crippen molar-refractivity contribution >= 4 is 0 Å². The molecule has 1 rings (SSSR count). The Hall–Kier alpha value is -0.890. The summed E-state index contributed by atoms with van der Waals surface area (Å²) in [4.78, 5) is 0. The van der Waals surface area contributed by atoms with E-state index in [1.807, 2.05) is 12.1 Å². The molecule has 0 aliphatic rings. The van der Waals surface area contributed by atoms with Crippen LogP contribution < -0.4 is 5.32 Å². The van der Waals surface area contributed by atoms with Gasteiger partial charge in [-0.25, -0.2) is 4.39 Å². The highest BCUT2D eigenvalue weighted by Crippen LogP contribution is 2.26. The molecular formula is C16H26FN. The van der Waals surface area contributed by atoms with Gasteiger partial charge in [0.1, 0.15) is 5.82 Å². The average Bonchev–Trinajstić information content (AvgIpc) is 2.34. The van der Waals surface area contributed by atoms with Crippen molar-refractivity contribution in [1.82, 2.24) is 5.32 Å². The van der Waals surface area contributed by atoms with Crippen LogP contribution >= 0.6 is 0 Å². The SMILES string of the molecule is CCC(C)CC(CNC(C)C)c1ccccc1F. The van der Waals surface area contributed by atoms with Crippen LogP contribution in [0.15, 0.2) is 24.3 Å². The summed E-state index contributed by atoms with van der Waals surface area (Å²) >= 11 is 0. The van der Waals surface area contributed by atoms with Crippen LogP contribution in [0.5, 0.6) is 0 Å². The fourth-order valence-electron chi connectivity index (χ4n) is 2.16. The van der Waals surface area contributed by atoms with Crippen molar-refractivity contribution in [3.8, 4) is 0 Å². The zero-order chi connectivity index (χ0) is 13.5. The van der Waals surface area contributed by atoms with Crippen LogP contribution in [0.25, 0.3) is 0 Å². The number of hydrogen-bond donors (Lipinski definition) is 1. The topological polar surface area (TPSA) is 12.0 Å². The second kappa shape index (κ2) is 7.52. The quantitative estimate of drug-likeness (QED) is 0.760. The molecule has 0 aromatic heterocycles. The van der Waals surface area contributed by atoms with Crippen LogP contribution in [0.3, 0.4) is 0 Å². The molecule has 1 aromatic carbocycles. The second-order valence-electron chi connectivity index (χ2n) is 5.53. The van der Waals surface area contributed by atoms with Crippen LogP contribution in [-0.2, 0) is 0 Å². The van der Waals surface area contributed by atoms with E-state index in [-0.39, 0.29) is 11.7 Å². The number of nitrogens with one attached hydrogen (secondary N) is 1. The van der Waals surface area contributed by atoms with E-state index in [1.165, 1.54) is 0 Å². The molecular weight excluding hydrogens is 225 g/mol. The fraction of sp³-hybridized carbons (Fsp3) is 0.625. The number of halogens is 1. The minimum absolute atomic E-state index is 0.0728. The Morgan fingerprint density at radius 1 is 1.17 bits per heavy atom. The predicted molar refractivity (Wildman–Crippen MR) is 76.4 cm³/mol. The molecule has 102 valence electrons. The predicted octanol–water partition coefficient (Wildman–Crippen LogP) is 4.34. The van der Waals surface area contributed by atoms with Crippen molar-refractivity contribution in [2.75, 3.05) is 6.54 Å². The Balaban J connectivity index is 2.79. The molecule has 18 heavy (non-hydrogen) atoms. The Labute approximate surface area is 111 Å². The van der Waals surface area contributed by atoms with Crippen molar-refractivity contribution in [3.05, 3.63) is 35.6 Å². The lowest BCUT2D eigenvalue weighted by Crippen LogP contribution is -2.29. The van der Waals surface area contributed by atoms with Crippen molar-refractivity contribution in [3.63, 3.8) is 0 Å². The highest BCUT2D eigenvalue weighted by molar-refractivity contribution is 5.22. The van der Waals surface area contributed by atoms with Crippen LogP contribution in [-0.4, -0.2) is 12.6 Å². The van der Waals surface area contributed by atoms with E-state index >= 15 is 0 Å². The van der Waals surface area contributed by atoms with Crippen molar-refractivity contribution in [1.29, 1.82) is 0 Å². The number of hydrogen-bond acceptors (Lipinski definition) is 1. The molecule has 0 saturated carbocycles. The summed E-state index contributed by atoms with van der Waals surface area (Å²) in [6.07, 6.45) is 2.18. The van der Waals surface area contributed by atoms with Crippen LogP contribution in [0.1, 0.15) is 52.0 Å². The normalized spacial score (nSPS) is 14.8. The molecule has 2 heteroatoms. The molecule has 0 aliphatic heterocycles. The monoisotopic (exact) mass is 251 g/mol. The molecule has 1 nitrogen and oxygen atoms in total. The van der Waals surface area contributed by atoms with Gasteiger partial charge in [-0.1, -0.05) is 52.3 Å². The number of benzene rings is 1. The molecule has 2 atom stereocenters. The first kappa shape index (κ1) is 15.2. The van der Waals surface area contributed by atoms with Gasteiger partial charge in [0.05, 0.1) is 0 Å². The molecule has 1 aromatic rings. The van der Waals surface area contributed by atoms with Gasteiger partial charge in [0, 0.05) is 12.6 Å². The zero-order valence-electron chi connectivity index (χ0n) is 12.0. The Morgan fingerprint density at radius 3 is 2.39 bits per heavy atom. The van der Waals surface area contributed by atoms with Gasteiger partial charge in [0.15, 0.2) is 0 Å². The maximum atomic E-state index is 13.9. The fourth-order valence-corrected chi connectivity index (χ4v) is 2.16. The molecule has 0 amide bonds. The van der Waals surface area contributed by atoms with Crippen LogP contribution in [0.4, 0.5) is 4.39 Å². The average molecular weight is 251 g/mol. The molecule has 0 heterocycles. The Bertz CT molecular complexity index is 349. The minimum atomic E-state index is -0.0728. The highest BCUT2D eigenvalue weighted by atomic mass is 19.1. The van der Waals surface area contributed by atoms with Gasteiger partial charge in [-0.15, -0.1) is 0 Å². The van der Waals surface area contributed by atoms with Crippen molar-refractivity contribution in [2.45, 2.75) is 52.5 Å². The molecule has 1 N–H and O–H groups in total. The summed E-state index contributed by atoms with van der Waals surface area (Å²) in [7, 11) is 0. The molecule has 0 aliphatic carbocycles. The van der Waals surface area contributed by atoms with Gasteiger partial charge in [0.2, 0.25) is 0 Å². The summed E-state index contributed by atoms with van der Waals surface area (Å²) in [5.41, 5.74) is 0.853. The van der Waals surface area contributed by atoms with E-state index in [4.69, 9.17) is 0 Å². The van der Waals surface area contributed by atoms with Gasteiger partial charge in [-0.3, -0.25) is 0 Å². The zero-order valence-corrected chi connectivity index (χ0v) is 12.0. The third kappa shape index (κ3) is 4.77. The highest BCUT2D eigenvalue weighted by Gasteiger charge is 2.17. The molecule has 2 unspecified atom stereocenters. The first-order valence-corrected chi connectivity index (χ1v) is 7.02. The third-order valence-corrected chi connectivity index (χ3v) is 3.50. The van der Waals surface area contributed by atoms with Crippen molar-refractivity contribution < 1.29 is 4.39 Å². The summed E-state index contributed by atoms with van der Waals surface area (Å²) in [6, 6.07) is 7.61. The van der Waals surface area contributed by atoms with Gasteiger partial charge < -0.3 is 5.32 Å². The standard InChI is InChI=1S/C16H26FN/c1-5-13(4)10-14(11-18-12(2)3)15-8-6-7-9-16(15)17/h6-9,12-14,18H,5,10-11H2,1-4H3. The Kier molecular flexibility index (Phi) is 6.34. The van der Waals surface area contributed by atoms with Crippen molar-refractivity contribution in [2.24, 2.45) is 5.92 Å². The lowest BCUT2D eigenvalue weighted by molar-refractivity contribution is 0.414. The van der Waals surface area contributed by atoms with Gasteiger partial charge >= 0.3 is 0 Å². The summed E-state index contributed by atoms with van der Waals surface area (Å²) in [5.74, 6) is 0.823. The lowest BCUT2D eigenvalue weighted by Gasteiger charge is -2.23. The largest absolute Gasteiger partial charge is 0.314 e. The van der Waals surface area contributed by atoms with E-state index in [1.54, 1.807) is 12.1 Å². The first-order valence-electron chi connectivity index (χ1n) is 7.02.